The highest BCUT2D eigenvalue weighted by molar-refractivity contribution is 5.46. The zero-order valence-corrected chi connectivity index (χ0v) is 10.8. The Kier molecular flexibility index (Phi) is 3.86. The molecule has 2 heterocycles. The molecule has 2 aromatic rings. The molecule has 0 spiro atoms. The molecular weight excluding hydrogens is 228 g/mol. The topological polar surface area (TPSA) is 82.5 Å². The van der Waals surface area contributed by atoms with E-state index in [4.69, 9.17) is 5.73 Å². The molecule has 6 heteroatoms. The highest BCUT2D eigenvalue weighted by Gasteiger charge is 2.14. The van der Waals surface area contributed by atoms with Gasteiger partial charge in [-0.05, 0) is 19.8 Å². The zero-order valence-electron chi connectivity index (χ0n) is 10.8. The fourth-order valence-electron chi connectivity index (χ4n) is 1.93. The van der Waals surface area contributed by atoms with Crippen LogP contribution in [0.4, 0.5) is 5.82 Å². The van der Waals surface area contributed by atoms with Crippen molar-refractivity contribution in [2.45, 2.75) is 39.5 Å². The lowest BCUT2D eigenvalue weighted by Crippen LogP contribution is -2.07. The van der Waals surface area contributed by atoms with E-state index in [1.807, 2.05) is 6.92 Å². The lowest BCUT2D eigenvalue weighted by molar-refractivity contribution is 0.716. The highest BCUT2D eigenvalue weighted by Crippen LogP contribution is 2.20. The minimum atomic E-state index is 0.465. The van der Waals surface area contributed by atoms with Crippen LogP contribution >= 0.6 is 0 Å². The van der Waals surface area contributed by atoms with Gasteiger partial charge in [-0.25, -0.2) is 4.98 Å². The molecule has 0 unspecified atom stereocenters. The summed E-state index contributed by atoms with van der Waals surface area (Å²) in [6.07, 6.45) is 7.36. The van der Waals surface area contributed by atoms with Gasteiger partial charge in [0.05, 0.1) is 5.69 Å². The van der Waals surface area contributed by atoms with Gasteiger partial charge in [0.2, 0.25) is 0 Å². The number of hydrogen-bond acceptors (Lipinski definition) is 5. The molecule has 2 N–H and O–H groups in total. The average Bonchev–Trinajstić information content (AvgIpc) is 2.68. The van der Waals surface area contributed by atoms with Crippen LogP contribution in [0.1, 0.15) is 37.4 Å². The van der Waals surface area contributed by atoms with Crippen LogP contribution in [0.5, 0.6) is 0 Å². The predicted molar refractivity (Wildman–Crippen MR) is 69.3 cm³/mol. The Morgan fingerprint density at radius 2 is 1.94 bits per heavy atom. The highest BCUT2D eigenvalue weighted by atomic mass is 15.4. The first-order chi connectivity index (χ1) is 8.74. The zero-order chi connectivity index (χ0) is 13.0. The summed E-state index contributed by atoms with van der Waals surface area (Å²) in [5, 5.41) is 4.40. The Hall–Kier alpha value is -1.98. The summed E-state index contributed by atoms with van der Waals surface area (Å²) in [7, 11) is 0. The van der Waals surface area contributed by atoms with Crippen LogP contribution in [-0.2, 0) is 6.42 Å². The van der Waals surface area contributed by atoms with Crippen molar-refractivity contribution < 1.29 is 0 Å². The largest absolute Gasteiger partial charge is 0.383 e. The van der Waals surface area contributed by atoms with Crippen molar-refractivity contribution in [3.8, 4) is 5.95 Å². The van der Waals surface area contributed by atoms with Crippen LogP contribution in [0.3, 0.4) is 0 Å². The summed E-state index contributed by atoms with van der Waals surface area (Å²) in [4.78, 5) is 11.9. The first kappa shape index (κ1) is 12.5. The van der Waals surface area contributed by atoms with Gasteiger partial charge in [0.15, 0.2) is 0 Å². The van der Waals surface area contributed by atoms with Crippen LogP contribution in [0.2, 0.25) is 0 Å². The van der Waals surface area contributed by atoms with Crippen molar-refractivity contribution in [1.29, 1.82) is 0 Å². The van der Waals surface area contributed by atoms with Crippen LogP contribution < -0.4 is 5.73 Å². The molecule has 0 aliphatic rings. The molecule has 0 saturated heterocycles. The maximum atomic E-state index is 6.12. The van der Waals surface area contributed by atoms with Crippen molar-refractivity contribution in [2.75, 3.05) is 5.73 Å². The van der Waals surface area contributed by atoms with E-state index in [0.717, 1.165) is 24.1 Å². The molecule has 0 atom stereocenters. The first-order valence-electron chi connectivity index (χ1n) is 6.20. The molecule has 0 saturated carbocycles. The fourth-order valence-corrected chi connectivity index (χ4v) is 1.93. The molecule has 0 aromatic carbocycles. The van der Waals surface area contributed by atoms with E-state index in [1.165, 1.54) is 25.5 Å². The van der Waals surface area contributed by atoms with Gasteiger partial charge >= 0.3 is 0 Å². The fraction of sp³-hybridized carbons (Fsp3) is 0.500. The summed E-state index contributed by atoms with van der Waals surface area (Å²) in [6, 6.07) is 0. The van der Waals surface area contributed by atoms with Gasteiger partial charge in [-0.15, -0.1) is 0 Å². The predicted octanol–water partition coefficient (Wildman–Crippen LogP) is 1.68. The van der Waals surface area contributed by atoms with Crippen molar-refractivity contribution in [1.82, 2.24) is 24.7 Å². The molecule has 6 nitrogen and oxygen atoms in total. The number of anilines is 1. The van der Waals surface area contributed by atoms with Crippen LogP contribution in [0.25, 0.3) is 5.95 Å². The van der Waals surface area contributed by atoms with Crippen molar-refractivity contribution >= 4 is 5.82 Å². The monoisotopic (exact) mass is 246 g/mol. The molecule has 2 aromatic heterocycles. The number of nitrogen functional groups attached to an aromatic ring is 1. The third-order valence-corrected chi connectivity index (χ3v) is 2.92. The average molecular weight is 246 g/mol. The summed E-state index contributed by atoms with van der Waals surface area (Å²) in [6.45, 7) is 4.15. The van der Waals surface area contributed by atoms with Crippen LogP contribution in [0.15, 0.2) is 12.7 Å². The van der Waals surface area contributed by atoms with Crippen LogP contribution in [-0.4, -0.2) is 24.7 Å². The Morgan fingerprint density at radius 3 is 2.61 bits per heavy atom. The van der Waals surface area contributed by atoms with E-state index in [1.54, 1.807) is 4.68 Å². The number of unbranched alkanes of at least 4 members (excludes halogenated alkanes) is 2. The normalized spacial score (nSPS) is 10.8. The molecule has 0 amide bonds. The van der Waals surface area contributed by atoms with Gasteiger partial charge in [0.25, 0.3) is 5.95 Å². The Labute approximate surface area is 106 Å². The second kappa shape index (κ2) is 5.57. The van der Waals surface area contributed by atoms with Gasteiger partial charge in [0, 0.05) is 5.56 Å². The number of hydrogen-bond donors (Lipinski definition) is 1. The second-order valence-corrected chi connectivity index (χ2v) is 4.26. The van der Waals surface area contributed by atoms with Gasteiger partial charge in [0.1, 0.15) is 18.5 Å². The smallest absolute Gasteiger partial charge is 0.255 e. The van der Waals surface area contributed by atoms with E-state index in [-0.39, 0.29) is 0 Å². The first-order valence-corrected chi connectivity index (χ1v) is 6.20. The van der Waals surface area contributed by atoms with Crippen molar-refractivity contribution in [3.63, 3.8) is 0 Å². The lowest BCUT2D eigenvalue weighted by atomic mass is 10.1. The van der Waals surface area contributed by atoms with Gasteiger partial charge < -0.3 is 5.73 Å². The summed E-state index contributed by atoms with van der Waals surface area (Å²) in [5.41, 5.74) is 8.17. The molecule has 96 valence electrons. The third kappa shape index (κ3) is 2.47. The summed E-state index contributed by atoms with van der Waals surface area (Å²) < 4.78 is 1.58. The van der Waals surface area contributed by atoms with Gasteiger partial charge in [-0.3, -0.25) is 0 Å². The molecule has 0 fully saturated rings. The number of nitrogens with two attached hydrogens (primary N) is 1. The number of aromatic nitrogens is 5. The Bertz CT molecular complexity index is 505. The third-order valence-electron chi connectivity index (χ3n) is 2.92. The Morgan fingerprint density at radius 1 is 1.22 bits per heavy atom. The number of aryl methyl sites for hydroxylation is 1. The van der Waals surface area contributed by atoms with E-state index >= 15 is 0 Å². The van der Waals surface area contributed by atoms with Crippen LogP contribution in [0, 0.1) is 6.92 Å². The molecular formula is C12H18N6. The summed E-state index contributed by atoms with van der Waals surface area (Å²) in [5.74, 6) is 1.10. The van der Waals surface area contributed by atoms with Crippen molar-refractivity contribution in [3.05, 3.63) is 23.9 Å². The minimum absolute atomic E-state index is 0.465. The number of rotatable bonds is 5. The van der Waals surface area contributed by atoms with E-state index in [9.17, 15) is 0 Å². The molecule has 0 aliphatic carbocycles. The van der Waals surface area contributed by atoms with Gasteiger partial charge in [-0.2, -0.15) is 19.7 Å². The minimum Gasteiger partial charge on any atom is -0.383 e. The standard InChI is InChI=1S/C12H18N6/c1-3-4-5-6-10-9(2)17-18(11(10)13)12-15-7-14-8-16-12/h7-8H,3-6,13H2,1-2H3. The SMILES string of the molecule is CCCCCc1c(C)nn(-c2ncncn2)c1N. The van der Waals surface area contributed by atoms with E-state index < -0.39 is 0 Å². The molecule has 0 aliphatic heterocycles. The summed E-state index contributed by atoms with van der Waals surface area (Å²) >= 11 is 0. The lowest BCUT2D eigenvalue weighted by Gasteiger charge is -2.02. The maximum absolute atomic E-state index is 6.12. The molecule has 18 heavy (non-hydrogen) atoms. The molecule has 0 bridgehead atoms. The quantitative estimate of drug-likeness (QED) is 0.811. The van der Waals surface area contributed by atoms with Crippen molar-refractivity contribution in [2.24, 2.45) is 0 Å². The van der Waals surface area contributed by atoms with E-state index in [2.05, 4.69) is 27.0 Å². The number of nitrogens with zero attached hydrogens (tertiary/aromatic N) is 5. The Balaban J connectivity index is 2.26. The second-order valence-electron chi connectivity index (χ2n) is 4.26. The molecule has 0 radical (unpaired) electrons. The van der Waals surface area contributed by atoms with E-state index in [0.29, 0.717) is 11.8 Å². The van der Waals surface area contributed by atoms with Gasteiger partial charge in [-0.1, -0.05) is 19.8 Å². The molecule has 2 rings (SSSR count). The maximum Gasteiger partial charge on any atom is 0.255 e.